The molecular weight excluding hydrogens is 220 g/mol. The summed E-state index contributed by atoms with van der Waals surface area (Å²) in [7, 11) is 2.09. The number of carbonyl (C=O) groups excluding carboxylic acids is 1. The van der Waals surface area contributed by atoms with Crippen LogP contribution in [0.1, 0.15) is 27.7 Å². The molecule has 90 valence electrons. The van der Waals surface area contributed by atoms with Crippen molar-refractivity contribution in [1.29, 1.82) is 0 Å². The van der Waals surface area contributed by atoms with E-state index in [1.54, 1.807) is 6.08 Å². The highest BCUT2D eigenvalue weighted by Crippen LogP contribution is 2.51. The first-order valence-electron chi connectivity index (χ1n) is 5.66. The number of thioether (sulfide) groups is 1. The van der Waals surface area contributed by atoms with Gasteiger partial charge in [-0.05, 0) is 34.7 Å². The normalized spacial score (nSPS) is 32.7. The summed E-state index contributed by atoms with van der Waals surface area (Å²) in [5, 5.41) is 0. The van der Waals surface area contributed by atoms with Crippen LogP contribution in [0.15, 0.2) is 12.2 Å². The summed E-state index contributed by atoms with van der Waals surface area (Å²) in [5.74, 6) is 0.137. The van der Waals surface area contributed by atoms with Gasteiger partial charge in [-0.2, -0.15) is 0 Å². The summed E-state index contributed by atoms with van der Waals surface area (Å²) >= 11 is 1.88. The third-order valence-corrected chi connectivity index (χ3v) is 4.70. The first kappa shape index (κ1) is 12.0. The Bertz CT molecular complexity index is 349. The van der Waals surface area contributed by atoms with E-state index < -0.39 is 0 Å². The van der Waals surface area contributed by atoms with Crippen LogP contribution in [0.5, 0.6) is 0 Å². The minimum atomic E-state index is -0.131. The van der Waals surface area contributed by atoms with Gasteiger partial charge in [-0.1, -0.05) is 6.08 Å². The van der Waals surface area contributed by atoms with Gasteiger partial charge in [0, 0.05) is 17.4 Å². The SMILES string of the molecule is CN1CC=CC(=O)N2C1C(C)(C)SC2(C)C. The quantitative estimate of drug-likeness (QED) is 0.646. The molecule has 0 spiro atoms. The maximum absolute atomic E-state index is 12.1. The van der Waals surface area contributed by atoms with Crippen molar-refractivity contribution >= 4 is 17.7 Å². The molecule has 0 aromatic rings. The highest BCUT2D eigenvalue weighted by molar-refractivity contribution is 8.02. The van der Waals surface area contributed by atoms with Gasteiger partial charge in [0.1, 0.15) is 6.17 Å². The smallest absolute Gasteiger partial charge is 0.248 e. The fourth-order valence-corrected chi connectivity index (χ4v) is 4.93. The second-order valence-corrected chi connectivity index (χ2v) is 7.83. The largest absolute Gasteiger partial charge is 0.308 e. The van der Waals surface area contributed by atoms with Crippen LogP contribution in [0.4, 0.5) is 0 Å². The highest BCUT2D eigenvalue weighted by Gasteiger charge is 2.55. The van der Waals surface area contributed by atoms with Crippen molar-refractivity contribution in [2.24, 2.45) is 0 Å². The summed E-state index contributed by atoms with van der Waals surface area (Å²) in [6, 6.07) is 0. The van der Waals surface area contributed by atoms with Crippen LogP contribution < -0.4 is 0 Å². The van der Waals surface area contributed by atoms with Gasteiger partial charge in [0.25, 0.3) is 0 Å². The molecule has 1 saturated heterocycles. The van der Waals surface area contributed by atoms with Gasteiger partial charge in [0.15, 0.2) is 0 Å². The van der Waals surface area contributed by atoms with E-state index in [4.69, 9.17) is 0 Å². The highest BCUT2D eigenvalue weighted by atomic mass is 32.2. The molecule has 2 rings (SSSR count). The van der Waals surface area contributed by atoms with Crippen molar-refractivity contribution in [3.63, 3.8) is 0 Å². The first-order valence-corrected chi connectivity index (χ1v) is 6.47. The molecule has 0 aromatic carbocycles. The Morgan fingerprint density at radius 3 is 2.62 bits per heavy atom. The first-order chi connectivity index (χ1) is 7.26. The molecule has 1 amide bonds. The number of fused-ring (bicyclic) bond motifs is 1. The summed E-state index contributed by atoms with van der Waals surface area (Å²) in [5.41, 5.74) is 0. The zero-order chi connectivity index (χ0) is 12.1. The number of amides is 1. The Balaban J connectivity index is 2.47. The van der Waals surface area contributed by atoms with Gasteiger partial charge in [-0.15, -0.1) is 11.8 Å². The summed E-state index contributed by atoms with van der Waals surface area (Å²) in [6.07, 6.45) is 3.84. The number of hydrogen-bond acceptors (Lipinski definition) is 3. The Morgan fingerprint density at radius 1 is 1.38 bits per heavy atom. The monoisotopic (exact) mass is 240 g/mol. The zero-order valence-electron chi connectivity index (χ0n) is 10.7. The fourth-order valence-electron chi connectivity index (χ4n) is 2.96. The molecule has 2 aliphatic rings. The molecule has 1 fully saturated rings. The molecule has 1 atom stereocenters. The van der Waals surface area contributed by atoms with E-state index in [9.17, 15) is 4.79 Å². The molecule has 0 saturated carbocycles. The predicted molar refractivity (Wildman–Crippen MR) is 68.2 cm³/mol. The summed E-state index contributed by atoms with van der Waals surface area (Å²) < 4.78 is 0.0694. The van der Waals surface area contributed by atoms with Crippen LogP contribution in [0.3, 0.4) is 0 Å². The summed E-state index contributed by atoms with van der Waals surface area (Å²) in [4.78, 5) is 16.3. The molecule has 0 N–H and O–H groups in total. The molecular formula is C12H20N2OS. The van der Waals surface area contributed by atoms with Crippen molar-refractivity contribution in [3.8, 4) is 0 Å². The minimum Gasteiger partial charge on any atom is -0.308 e. The lowest BCUT2D eigenvalue weighted by Gasteiger charge is -2.39. The van der Waals surface area contributed by atoms with Crippen LogP contribution in [-0.4, -0.2) is 45.1 Å². The Morgan fingerprint density at radius 2 is 2.00 bits per heavy atom. The van der Waals surface area contributed by atoms with Crippen molar-refractivity contribution < 1.29 is 4.79 Å². The van der Waals surface area contributed by atoms with Gasteiger partial charge < -0.3 is 4.90 Å². The van der Waals surface area contributed by atoms with Crippen molar-refractivity contribution in [1.82, 2.24) is 9.80 Å². The molecule has 0 aromatic heterocycles. The summed E-state index contributed by atoms with van der Waals surface area (Å²) in [6.45, 7) is 9.54. The number of nitrogens with zero attached hydrogens (tertiary/aromatic N) is 2. The lowest BCUT2D eigenvalue weighted by Crippen LogP contribution is -2.55. The van der Waals surface area contributed by atoms with Gasteiger partial charge in [0.05, 0.1) is 4.87 Å². The lowest BCUT2D eigenvalue weighted by molar-refractivity contribution is -0.134. The van der Waals surface area contributed by atoms with E-state index >= 15 is 0 Å². The van der Waals surface area contributed by atoms with Crippen LogP contribution in [0.25, 0.3) is 0 Å². The van der Waals surface area contributed by atoms with E-state index in [2.05, 4.69) is 39.6 Å². The van der Waals surface area contributed by atoms with Crippen LogP contribution in [0, 0.1) is 0 Å². The number of likely N-dealkylation sites (N-methyl/N-ethyl adjacent to an activating group) is 1. The zero-order valence-corrected chi connectivity index (χ0v) is 11.5. The van der Waals surface area contributed by atoms with Gasteiger partial charge in [-0.25, -0.2) is 0 Å². The molecule has 0 radical (unpaired) electrons. The molecule has 2 heterocycles. The van der Waals surface area contributed by atoms with E-state index in [0.29, 0.717) is 0 Å². The Labute approximate surface area is 102 Å². The average molecular weight is 240 g/mol. The van der Waals surface area contributed by atoms with Gasteiger partial charge in [-0.3, -0.25) is 9.69 Å². The Hall–Kier alpha value is -0.480. The Kier molecular flexibility index (Phi) is 2.63. The van der Waals surface area contributed by atoms with Crippen LogP contribution in [-0.2, 0) is 4.79 Å². The molecule has 1 unspecified atom stereocenters. The average Bonchev–Trinajstić information content (AvgIpc) is 2.23. The number of carbonyl (C=O) groups is 1. The van der Waals surface area contributed by atoms with E-state index in [1.165, 1.54) is 0 Å². The van der Waals surface area contributed by atoms with Crippen molar-refractivity contribution in [3.05, 3.63) is 12.2 Å². The van der Waals surface area contributed by atoms with E-state index in [0.717, 1.165) is 6.54 Å². The second kappa shape index (κ2) is 3.50. The molecule has 2 aliphatic heterocycles. The molecule has 3 nitrogen and oxygen atoms in total. The standard InChI is InChI=1S/C12H20N2OS/c1-11(2)10-13(5)8-6-7-9(15)14(10)12(3,4)16-11/h6-7,10H,8H2,1-5H3. The fraction of sp³-hybridized carbons (Fsp3) is 0.750. The third kappa shape index (κ3) is 1.68. The van der Waals surface area contributed by atoms with E-state index in [-0.39, 0.29) is 21.7 Å². The van der Waals surface area contributed by atoms with Crippen LogP contribution >= 0.6 is 11.8 Å². The molecule has 0 aliphatic carbocycles. The lowest BCUT2D eigenvalue weighted by atomic mass is 10.1. The van der Waals surface area contributed by atoms with Crippen molar-refractivity contribution in [2.45, 2.75) is 43.5 Å². The van der Waals surface area contributed by atoms with Gasteiger partial charge in [0.2, 0.25) is 5.91 Å². The predicted octanol–water partition coefficient (Wildman–Crippen LogP) is 1.90. The van der Waals surface area contributed by atoms with Crippen LogP contribution in [0.2, 0.25) is 0 Å². The maximum Gasteiger partial charge on any atom is 0.248 e. The number of hydrogen-bond donors (Lipinski definition) is 0. The van der Waals surface area contributed by atoms with Gasteiger partial charge >= 0.3 is 0 Å². The minimum absolute atomic E-state index is 0.0694. The number of rotatable bonds is 0. The molecule has 16 heavy (non-hydrogen) atoms. The maximum atomic E-state index is 12.1. The second-order valence-electron chi connectivity index (χ2n) is 5.58. The molecule has 0 bridgehead atoms. The van der Waals surface area contributed by atoms with Crippen molar-refractivity contribution in [2.75, 3.05) is 13.6 Å². The third-order valence-electron chi connectivity index (χ3n) is 3.27. The van der Waals surface area contributed by atoms with E-state index in [1.807, 2.05) is 22.7 Å². The topological polar surface area (TPSA) is 23.6 Å². The molecule has 4 heteroatoms.